The number of pyridine rings is 1. The van der Waals surface area contributed by atoms with Gasteiger partial charge in [-0.2, -0.15) is 9.97 Å². The van der Waals surface area contributed by atoms with Crippen molar-refractivity contribution in [1.82, 2.24) is 25.2 Å². The molecule has 4 aliphatic heterocycles. The number of aromatic nitrogens is 3. The van der Waals surface area contributed by atoms with Gasteiger partial charge in [0.1, 0.15) is 42.2 Å². The minimum absolute atomic E-state index is 0.119. The molecule has 2 aromatic carbocycles. The zero-order valence-electron chi connectivity index (χ0n) is 25.5. The van der Waals surface area contributed by atoms with Gasteiger partial charge in [-0.25, -0.2) is 8.78 Å². The lowest BCUT2D eigenvalue weighted by Crippen LogP contribution is -2.51. The van der Waals surface area contributed by atoms with Crippen LogP contribution in [-0.2, 0) is 6.61 Å². The summed E-state index contributed by atoms with van der Waals surface area (Å²) in [7, 11) is 0. The van der Waals surface area contributed by atoms with Gasteiger partial charge >= 0.3 is 6.01 Å². The fourth-order valence-corrected chi connectivity index (χ4v) is 7.92. The number of anilines is 1. The molecule has 0 amide bonds. The summed E-state index contributed by atoms with van der Waals surface area (Å²) in [5.41, 5.74) is 2.44. The van der Waals surface area contributed by atoms with Gasteiger partial charge in [-0.1, -0.05) is 42.5 Å². The van der Waals surface area contributed by atoms with Crippen LogP contribution in [0.2, 0.25) is 0 Å². The molecule has 4 atom stereocenters. The van der Waals surface area contributed by atoms with Crippen LogP contribution in [0.3, 0.4) is 0 Å². The van der Waals surface area contributed by atoms with Crippen molar-refractivity contribution in [1.29, 1.82) is 0 Å². The van der Waals surface area contributed by atoms with Crippen LogP contribution < -0.4 is 19.7 Å². The first-order valence-corrected chi connectivity index (χ1v) is 16.1. The van der Waals surface area contributed by atoms with Crippen LogP contribution in [0.15, 0.2) is 54.7 Å². The van der Waals surface area contributed by atoms with E-state index in [1.165, 1.54) is 0 Å². The molecule has 234 valence electrons. The molecule has 0 spiro atoms. The Labute approximate surface area is 261 Å². The number of aryl methyl sites for hydroxylation is 1. The average Bonchev–Trinajstić information content (AvgIpc) is 3.70. The highest BCUT2D eigenvalue weighted by Gasteiger charge is 2.49. The summed E-state index contributed by atoms with van der Waals surface area (Å²) in [6.45, 7) is 5.39. The lowest BCUT2D eigenvalue weighted by atomic mass is 9.95. The van der Waals surface area contributed by atoms with Crippen LogP contribution in [-0.4, -0.2) is 76.4 Å². The Morgan fingerprint density at radius 1 is 1.00 bits per heavy atom. The lowest BCUT2D eigenvalue weighted by Gasteiger charge is -2.34. The molecule has 45 heavy (non-hydrogen) atoms. The highest BCUT2D eigenvalue weighted by atomic mass is 19.1. The van der Waals surface area contributed by atoms with E-state index < -0.39 is 12.0 Å². The second-order valence-electron chi connectivity index (χ2n) is 13.1. The van der Waals surface area contributed by atoms with Crippen LogP contribution in [0.4, 0.5) is 14.6 Å². The number of ether oxygens (including phenoxy) is 2. The standard InChI is InChI=1S/C35H38F2N6O2/c1-22-7-5-10-28(44-20-23-8-3-2-4-9-23)29(22)32-30(37)31-27(16-38-32)33(42-18-25-11-12-26(19-42)39-25)41-34(40-31)45-21-35-13-6-14-43(35)17-24(36)15-35/h2-5,7-10,16,24-26,39H,6,11-15,17-21H2,1H3/t24-,25?,26?,35+/m1/s1. The predicted molar refractivity (Wildman–Crippen MR) is 169 cm³/mol. The maximum atomic E-state index is 16.8. The van der Waals surface area contributed by atoms with Gasteiger partial charge in [0.15, 0.2) is 5.82 Å². The molecule has 2 bridgehead atoms. The summed E-state index contributed by atoms with van der Waals surface area (Å²) in [6.07, 6.45) is 5.35. The fraction of sp³-hybridized carbons (Fsp3) is 0.457. The lowest BCUT2D eigenvalue weighted by molar-refractivity contribution is 0.107. The molecule has 0 radical (unpaired) electrons. The van der Waals surface area contributed by atoms with Gasteiger partial charge in [0.05, 0.1) is 10.9 Å². The van der Waals surface area contributed by atoms with Gasteiger partial charge in [-0.05, 0) is 56.3 Å². The van der Waals surface area contributed by atoms with E-state index in [0.29, 0.717) is 54.2 Å². The molecule has 2 aromatic heterocycles. The van der Waals surface area contributed by atoms with Gasteiger partial charge in [0, 0.05) is 49.9 Å². The molecule has 0 saturated carbocycles. The number of alkyl halides is 1. The third-order valence-corrected chi connectivity index (χ3v) is 10.1. The largest absolute Gasteiger partial charge is 0.488 e. The fourth-order valence-electron chi connectivity index (χ4n) is 7.92. The second kappa shape index (κ2) is 11.5. The number of halogens is 2. The SMILES string of the molecule is Cc1cccc(OCc2ccccc2)c1-c1ncc2c(N3CC4CCC(C3)N4)nc(OC[C@@]34CCCN3C[C@H](F)C4)nc2c1F. The van der Waals surface area contributed by atoms with Crippen LogP contribution in [0.5, 0.6) is 11.8 Å². The number of hydrogen-bond donors (Lipinski definition) is 1. The highest BCUT2D eigenvalue weighted by Crippen LogP contribution is 2.41. The van der Waals surface area contributed by atoms with Crippen molar-refractivity contribution in [3.63, 3.8) is 0 Å². The first kappa shape index (κ1) is 28.6. The molecule has 1 N–H and O–H groups in total. The Morgan fingerprint density at radius 3 is 2.64 bits per heavy atom. The van der Waals surface area contributed by atoms with Crippen molar-refractivity contribution >= 4 is 16.7 Å². The first-order chi connectivity index (χ1) is 22.0. The highest BCUT2D eigenvalue weighted by molar-refractivity contribution is 5.92. The summed E-state index contributed by atoms with van der Waals surface area (Å²) in [4.78, 5) is 18.6. The van der Waals surface area contributed by atoms with Gasteiger partial charge in [0.2, 0.25) is 0 Å². The van der Waals surface area contributed by atoms with Crippen molar-refractivity contribution in [3.8, 4) is 23.0 Å². The Morgan fingerprint density at radius 2 is 1.82 bits per heavy atom. The first-order valence-electron chi connectivity index (χ1n) is 16.1. The van der Waals surface area contributed by atoms with E-state index in [-0.39, 0.29) is 29.4 Å². The smallest absolute Gasteiger partial charge is 0.319 e. The summed E-state index contributed by atoms with van der Waals surface area (Å²) >= 11 is 0. The molecule has 2 unspecified atom stereocenters. The van der Waals surface area contributed by atoms with Crippen LogP contribution in [0.1, 0.15) is 43.2 Å². The molecule has 0 aliphatic carbocycles. The van der Waals surface area contributed by atoms with Crippen LogP contribution >= 0.6 is 0 Å². The van der Waals surface area contributed by atoms with Crippen molar-refractivity contribution < 1.29 is 18.3 Å². The van der Waals surface area contributed by atoms with Crippen molar-refractivity contribution in [2.24, 2.45) is 0 Å². The van der Waals surface area contributed by atoms with Crippen LogP contribution in [0, 0.1) is 12.7 Å². The molecule has 8 rings (SSSR count). The van der Waals surface area contributed by atoms with Gasteiger partial charge < -0.3 is 19.7 Å². The molecule has 6 heterocycles. The van der Waals surface area contributed by atoms with E-state index in [4.69, 9.17) is 14.5 Å². The number of benzene rings is 2. The van der Waals surface area contributed by atoms with Gasteiger partial charge in [-0.3, -0.25) is 9.88 Å². The topological polar surface area (TPSA) is 75.6 Å². The zero-order valence-corrected chi connectivity index (χ0v) is 25.5. The minimum Gasteiger partial charge on any atom is -0.488 e. The van der Waals surface area contributed by atoms with Crippen LogP contribution in [0.25, 0.3) is 22.2 Å². The third kappa shape index (κ3) is 5.27. The zero-order chi connectivity index (χ0) is 30.5. The maximum absolute atomic E-state index is 16.8. The Bertz CT molecular complexity index is 1710. The second-order valence-corrected chi connectivity index (χ2v) is 13.1. The third-order valence-electron chi connectivity index (χ3n) is 10.1. The Kier molecular flexibility index (Phi) is 7.29. The summed E-state index contributed by atoms with van der Waals surface area (Å²) in [6, 6.07) is 16.4. The number of piperazine rings is 1. The van der Waals surface area contributed by atoms with E-state index in [1.54, 1.807) is 6.20 Å². The molecular weight excluding hydrogens is 574 g/mol. The Balaban J connectivity index is 1.19. The monoisotopic (exact) mass is 612 g/mol. The Hall–Kier alpha value is -3.89. The molecule has 10 heteroatoms. The normalized spacial score (nSPS) is 26.0. The maximum Gasteiger partial charge on any atom is 0.319 e. The quantitative estimate of drug-likeness (QED) is 0.275. The molecule has 8 nitrogen and oxygen atoms in total. The molecule has 4 saturated heterocycles. The van der Waals surface area contributed by atoms with E-state index in [1.807, 2.05) is 55.5 Å². The summed E-state index contributed by atoms with van der Waals surface area (Å²) in [5, 5.41) is 4.21. The number of nitrogens with one attached hydrogen (secondary N) is 1. The summed E-state index contributed by atoms with van der Waals surface area (Å²) in [5.74, 6) is 0.645. The predicted octanol–water partition coefficient (Wildman–Crippen LogP) is 5.61. The average molecular weight is 613 g/mol. The number of rotatable bonds is 8. The number of fused-ring (bicyclic) bond motifs is 4. The summed E-state index contributed by atoms with van der Waals surface area (Å²) < 4.78 is 43.8. The van der Waals surface area contributed by atoms with E-state index in [2.05, 4.69) is 25.1 Å². The minimum atomic E-state index is -0.864. The molecular formula is C35H38F2N6O2. The van der Waals surface area contributed by atoms with E-state index >= 15 is 4.39 Å². The number of hydrogen-bond acceptors (Lipinski definition) is 8. The number of nitrogens with zero attached hydrogens (tertiary/aromatic N) is 5. The van der Waals surface area contributed by atoms with Crippen molar-refractivity contribution in [3.05, 3.63) is 71.7 Å². The van der Waals surface area contributed by atoms with Gasteiger partial charge in [-0.15, -0.1) is 0 Å². The van der Waals surface area contributed by atoms with Crippen molar-refractivity contribution in [2.45, 2.75) is 69.4 Å². The van der Waals surface area contributed by atoms with Gasteiger partial charge in [0.25, 0.3) is 0 Å². The van der Waals surface area contributed by atoms with Crippen molar-refractivity contribution in [2.75, 3.05) is 37.7 Å². The molecule has 4 aliphatic rings. The molecule has 4 fully saturated rings. The van der Waals surface area contributed by atoms with E-state index in [9.17, 15) is 4.39 Å². The van der Waals surface area contributed by atoms with E-state index in [0.717, 1.165) is 56.4 Å². The molecule has 4 aromatic rings.